The molecular weight excluding hydrogens is 265 g/mol. The molecule has 0 aromatic heterocycles. The van der Waals surface area contributed by atoms with Crippen molar-refractivity contribution in [3.63, 3.8) is 0 Å². The molecule has 1 aromatic rings. The monoisotopic (exact) mass is 277 g/mol. The van der Waals surface area contributed by atoms with Gasteiger partial charge in [-0.1, -0.05) is 0 Å². The molecule has 0 fully saturated rings. The molecule has 0 unspecified atom stereocenters. The summed E-state index contributed by atoms with van der Waals surface area (Å²) in [5.41, 5.74) is 5.24. The van der Waals surface area contributed by atoms with Crippen LogP contribution in [0.25, 0.3) is 0 Å². The minimum absolute atomic E-state index is 0.323. The second kappa shape index (κ2) is 6.76. The van der Waals surface area contributed by atoms with Gasteiger partial charge in [0.15, 0.2) is 0 Å². The molecule has 0 aliphatic carbocycles. The third kappa shape index (κ3) is 4.59. The van der Waals surface area contributed by atoms with Crippen LogP contribution in [0.4, 0.5) is 4.39 Å². The fourth-order valence-electron chi connectivity index (χ4n) is 0.984. The molecule has 1 aromatic carbocycles. The highest BCUT2D eigenvalue weighted by Gasteiger charge is 2.02. The van der Waals surface area contributed by atoms with E-state index in [1.54, 1.807) is 6.07 Å². The van der Waals surface area contributed by atoms with Gasteiger partial charge >= 0.3 is 0 Å². The molecule has 15 heavy (non-hydrogen) atoms. The van der Waals surface area contributed by atoms with E-state index in [2.05, 4.69) is 15.9 Å². The minimum atomic E-state index is -0.323. The van der Waals surface area contributed by atoms with Crippen LogP contribution in [0.5, 0.6) is 5.75 Å². The van der Waals surface area contributed by atoms with E-state index < -0.39 is 0 Å². The Bertz CT molecular complexity index is 309. The van der Waals surface area contributed by atoms with Crippen LogP contribution >= 0.6 is 15.9 Å². The van der Waals surface area contributed by atoms with Crippen molar-refractivity contribution < 1.29 is 13.9 Å². The zero-order valence-electron chi connectivity index (χ0n) is 8.21. The highest BCUT2D eigenvalue weighted by atomic mass is 79.9. The molecule has 0 aliphatic heterocycles. The summed E-state index contributed by atoms with van der Waals surface area (Å²) < 4.78 is 24.0. The maximum absolute atomic E-state index is 12.8. The van der Waals surface area contributed by atoms with Crippen LogP contribution in [0, 0.1) is 5.82 Å². The molecule has 5 heteroatoms. The molecule has 0 aliphatic rings. The molecule has 0 bridgehead atoms. The molecule has 0 heterocycles. The first-order valence-corrected chi connectivity index (χ1v) is 5.39. The summed E-state index contributed by atoms with van der Waals surface area (Å²) in [5.74, 6) is 0.155. The zero-order chi connectivity index (χ0) is 11.1. The van der Waals surface area contributed by atoms with Gasteiger partial charge in [-0.05, 0) is 28.1 Å². The Morgan fingerprint density at radius 3 is 2.80 bits per heavy atom. The van der Waals surface area contributed by atoms with Crippen LogP contribution in [0.1, 0.15) is 0 Å². The van der Waals surface area contributed by atoms with Gasteiger partial charge in [-0.2, -0.15) is 0 Å². The molecule has 0 saturated carbocycles. The number of halogens is 2. The lowest BCUT2D eigenvalue weighted by Gasteiger charge is -2.08. The molecule has 0 spiro atoms. The van der Waals surface area contributed by atoms with E-state index in [9.17, 15) is 4.39 Å². The molecular formula is C10H13BrFNO2. The Labute approximate surface area is 96.5 Å². The maximum atomic E-state index is 12.8. The predicted octanol–water partition coefficient (Wildman–Crippen LogP) is 1.94. The molecule has 3 nitrogen and oxygen atoms in total. The zero-order valence-corrected chi connectivity index (χ0v) is 9.80. The van der Waals surface area contributed by atoms with Gasteiger partial charge in [0, 0.05) is 12.6 Å². The Kier molecular flexibility index (Phi) is 5.60. The van der Waals surface area contributed by atoms with Gasteiger partial charge in [-0.25, -0.2) is 4.39 Å². The lowest BCUT2D eigenvalue weighted by Crippen LogP contribution is -2.13. The third-order valence-corrected chi connectivity index (χ3v) is 2.30. The molecule has 0 amide bonds. The Balaban J connectivity index is 2.33. The molecule has 0 saturated heterocycles. The van der Waals surface area contributed by atoms with Crippen LogP contribution in [0.3, 0.4) is 0 Å². The Hall–Kier alpha value is -0.650. The van der Waals surface area contributed by atoms with E-state index in [1.807, 2.05) is 0 Å². The van der Waals surface area contributed by atoms with Crippen LogP contribution in [-0.4, -0.2) is 26.4 Å². The number of hydrogen-bond donors (Lipinski definition) is 1. The number of hydrogen-bond acceptors (Lipinski definition) is 3. The fraction of sp³-hybridized carbons (Fsp3) is 0.400. The van der Waals surface area contributed by atoms with Gasteiger partial charge in [-0.3, -0.25) is 0 Å². The molecule has 0 radical (unpaired) electrons. The number of nitrogens with two attached hydrogens (primary N) is 1. The first kappa shape index (κ1) is 12.4. The van der Waals surface area contributed by atoms with Crippen molar-refractivity contribution in [1.82, 2.24) is 0 Å². The van der Waals surface area contributed by atoms with Gasteiger partial charge < -0.3 is 15.2 Å². The number of rotatable bonds is 6. The van der Waals surface area contributed by atoms with Gasteiger partial charge in [0.25, 0.3) is 0 Å². The predicted molar refractivity (Wildman–Crippen MR) is 59.5 cm³/mol. The van der Waals surface area contributed by atoms with E-state index in [4.69, 9.17) is 15.2 Å². The quantitative estimate of drug-likeness (QED) is 0.809. The first-order chi connectivity index (χ1) is 7.24. The topological polar surface area (TPSA) is 44.5 Å². The molecule has 0 atom stereocenters. The van der Waals surface area contributed by atoms with E-state index in [0.29, 0.717) is 32.1 Å². The normalized spacial score (nSPS) is 10.3. The number of ether oxygens (including phenoxy) is 2. The maximum Gasteiger partial charge on any atom is 0.136 e. The largest absolute Gasteiger partial charge is 0.490 e. The van der Waals surface area contributed by atoms with E-state index in [1.165, 1.54) is 12.1 Å². The van der Waals surface area contributed by atoms with Crippen molar-refractivity contribution in [2.45, 2.75) is 0 Å². The summed E-state index contributed by atoms with van der Waals surface area (Å²) >= 11 is 3.26. The van der Waals surface area contributed by atoms with Crippen LogP contribution < -0.4 is 10.5 Å². The lowest BCUT2D eigenvalue weighted by molar-refractivity contribution is 0.105. The summed E-state index contributed by atoms with van der Waals surface area (Å²) in [6.07, 6.45) is 0. The number of benzene rings is 1. The molecule has 84 valence electrons. The SMILES string of the molecule is NCCOCCOc1cc(F)ccc1Br. The summed E-state index contributed by atoms with van der Waals surface area (Å²) in [5, 5.41) is 0. The van der Waals surface area contributed by atoms with Crippen molar-refractivity contribution in [2.24, 2.45) is 5.73 Å². The summed E-state index contributed by atoms with van der Waals surface area (Å²) in [6.45, 7) is 1.82. The highest BCUT2D eigenvalue weighted by Crippen LogP contribution is 2.25. The average molecular weight is 278 g/mol. The fourth-order valence-corrected chi connectivity index (χ4v) is 1.34. The third-order valence-electron chi connectivity index (χ3n) is 1.64. The smallest absolute Gasteiger partial charge is 0.136 e. The van der Waals surface area contributed by atoms with Gasteiger partial charge in [-0.15, -0.1) is 0 Å². The van der Waals surface area contributed by atoms with Crippen molar-refractivity contribution in [1.29, 1.82) is 0 Å². The van der Waals surface area contributed by atoms with Crippen LogP contribution in [-0.2, 0) is 4.74 Å². The van der Waals surface area contributed by atoms with Crippen molar-refractivity contribution in [3.05, 3.63) is 28.5 Å². The van der Waals surface area contributed by atoms with Crippen LogP contribution in [0.2, 0.25) is 0 Å². The van der Waals surface area contributed by atoms with E-state index in [0.717, 1.165) is 4.47 Å². The van der Waals surface area contributed by atoms with Gasteiger partial charge in [0.05, 0.1) is 17.7 Å². The first-order valence-electron chi connectivity index (χ1n) is 4.59. The average Bonchev–Trinajstić information content (AvgIpc) is 2.23. The summed E-state index contributed by atoms with van der Waals surface area (Å²) in [7, 11) is 0. The molecule has 2 N–H and O–H groups in total. The van der Waals surface area contributed by atoms with Gasteiger partial charge in [0.1, 0.15) is 18.2 Å². The van der Waals surface area contributed by atoms with E-state index in [-0.39, 0.29) is 5.82 Å². The standard InChI is InChI=1S/C10H13BrFNO2/c11-9-2-1-8(12)7-10(9)15-6-5-14-4-3-13/h1-2,7H,3-6,13H2. The van der Waals surface area contributed by atoms with Crippen molar-refractivity contribution >= 4 is 15.9 Å². The van der Waals surface area contributed by atoms with Crippen molar-refractivity contribution in [2.75, 3.05) is 26.4 Å². The van der Waals surface area contributed by atoms with Gasteiger partial charge in [0.2, 0.25) is 0 Å². The van der Waals surface area contributed by atoms with E-state index >= 15 is 0 Å². The summed E-state index contributed by atoms with van der Waals surface area (Å²) in [4.78, 5) is 0. The Morgan fingerprint density at radius 2 is 2.07 bits per heavy atom. The Morgan fingerprint density at radius 1 is 1.27 bits per heavy atom. The minimum Gasteiger partial charge on any atom is -0.490 e. The lowest BCUT2D eigenvalue weighted by atomic mass is 10.3. The second-order valence-electron chi connectivity index (χ2n) is 2.82. The molecule has 1 rings (SSSR count). The second-order valence-corrected chi connectivity index (χ2v) is 3.68. The van der Waals surface area contributed by atoms with Crippen molar-refractivity contribution in [3.8, 4) is 5.75 Å². The highest BCUT2D eigenvalue weighted by molar-refractivity contribution is 9.10. The van der Waals surface area contributed by atoms with Crippen LogP contribution in [0.15, 0.2) is 22.7 Å². The summed E-state index contributed by atoms with van der Waals surface area (Å²) in [6, 6.07) is 4.29.